The third kappa shape index (κ3) is 3.40. The minimum Gasteiger partial charge on any atom is -0.334 e. The largest absolute Gasteiger partial charge is 0.334 e. The highest BCUT2D eigenvalue weighted by atomic mass is 35.5. The molecule has 0 N–H and O–H groups in total. The SMILES string of the molecule is CCn1c(-c2cccs2)nnc1C(S)c1noc(-c2cc(C)ccc2Cl)n1. The second kappa shape index (κ2) is 7.46. The van der Waals surface area contributed by atoms with E-state index in [2.05, 4.69) is 33.0 Å². The molecule has 0 aliphatic heterocycles. The van der Waals surface area contributed by atoms with E-state index in [0.29, 0.717) is 34.7 Å². The topological polar surface area (TPSA) is 69.6 Å². The normalized spacial score (nSPS) is 12.4. The van der Waals surface area contributed by atoms with E-state index in [9.17, 15) is 0 Å². The number of hydrogen-bond donors (Lipinski definition) is 1. The summed E-state index contributed by atoms with van der Waals surface area (Å²) in [4.78, 5) is 5.54. The number of aromatic nitrogens is 5. The molecule has 138 valence electrons. The third-order valence-corrected chi connectivity index (χ3v) is 5.78. The molecule has 0 saturated carbocycles. The Morgan fingerprint density at radius 3 is 2.89 bits per heavy atom. The van der Waals surface area contributed by atoms with Gasteiger partial charge in [-0.05, 0) is 37.4 Å². The van der Waals surface area contributed by atoms with Gasteiger partial charge >= 0.3 is 0 Å². The number of rotatable bonds is 5. The highest BCUT2D eigenvalue weighted by Gasteiger charge is 2.25. The van der Waals surface area contributed by atoms with E-state index in [1.165, 1.54) is 0 Å². The Kier molecular flexibility index (Phi) is 5.03. The van der Waals surface area contributed by atoms with Gasteiger partial charge in [-0.3, -0.25) is 0 Å². The van der Waals surface area contributed by atoms with Gasteiger partial charge in [0.05, 0.1) is 15.5 Å². The van der Waals surface area contributed by atoms with Crippen LogP contribution >= 0.6 is 35.6 Å². The maximum absolute atomic E-state index is 6.27. The minimum absolute atomic E-state index is 0.360. The summed E-state index contributed by atoms with van der Waals surface area (Å²) in [7, 11) is 0. The number of thiol groups is 1. The molecule has 0 radical (unpaired) electrons. The summed E-state index contributed by atoms with van der Waals surface area (Å²) < 4.78 is 7.44. The lowest BCUT2D eigenvalue weighted by atomic mass is 10.1. The zero-order valence-corrected chi connectivity index (χ0v) is 17.1. The quantitative estimate of drug-likeness (QED) is 0.460. The van der Waals surface area contributed by atoms with Crippen LogP contribution in [0.2, 0.25) is 5.02 Å². The molecule has 0 spiro atoms. The standard InChI is InChI=1S/C18H16ClN5OS2/c1-3-24-16(13-5-4-8-27-13)21-22-17(24)14(26)15-20-18(25-23-15)11-9-10(2)6-7-12(11)19/h4-9,14,26H,3H2,1-2H3. The molecule has 3 aromatic heterocycles. The van der Waals surface area contributed by atoms with Crippen LogP contribution in [0.1, 0.15) is 29.4 Å². The molecule has 0 amide bonds. The molecule has 1 atom stereocenters. The van der Waals surface area contributed by atoms with Crippen molar-refractivity contribution in [3.05, 3.63) is 57.9 Å². The lowest BCUT2D eigenvalue weighted by Gasteiger charge is -2.09. The molecule has 1 aromatic carbocycles. The van der Waals surface area contributed by atoms with Gasteiger partial charge in [0.15, 0.2) is 17.5 Å². The Hall–Kier alpha value is -2.16. The Labute approximate surface area is 170 Å². The molecular weight excluding hydrogens is 402 g/mol. The minimum atomic E-state index is -0.466. The second-order valence-electron chi connectivity index (χ2n) is 5.95. The molecule has 0 aliphatic carbocycles. The van der Waals surface area contributed by atoms with Crippen LogP contribution in [0.5, 0.6) is 0 Å². The summed E-state index contributed by atoms with van der Waals surface area (Å²) in [6.07, 6.45) is 0. The van der Waals surface area contributed by atoms with Gasteiger partial charge in [-0.25, -0.2) is 0 Å². The van der Waals surface area contributed by atoms with Crippen molar-refractivity contribution in [1.82, 2.24) is 24.9 Å². The number of thiophene rings is 1. The van der Waals surface area contributed by atoms with Crippen LogP contribution in [0.4, 0.5) is 0 Å². The maximum atomic E-state index is 6.27. The fraction of sp³-hybridized carbons (Fsp3) is 0.222. The second-order valence-corrected chi connectivity index (χ2v) is 7.82. The summed E-state index contributed by atoms with van der Waals surface area (Å²) in [5.74, 6) is 2.27. The molecule has 27 heavy (non-hydrogen) atoms. The molecule has 6 nitrogen and oxygen atoms in total. The molecule has 4 aromatic rings. The maximum Gasteiger partial charge on any atom is 0.259 e. The predicted molar refractivity (Wildman–Crippen MR) is 109 cm³/mol. The van der Waals surface area contributed by atoms with Crippen molar-refractivity contribution in [2.24, 2.45) is 0 Å². The molecule has 3 heterocycles. The summed E-state index contributed by atoms with van der Waals surface area (Å²) in [5, 5.41) is 14.9. The summed E-state index contributed by atoms with van der Waals surface area (Å²) in [6, 6.07) is 9.67. The van der Waals surface area contributed by atoms with Crippen LogP contribution in [-0.4, -0.2) is 24.9 Å². The van der Waals surface area contributed by atoms with E-state index in [-0.39, 0.29) is 0 Å². The Bertz CT molecular complexity index is 1070. The van der Waals surface area contributed by atoms with Gasteiger partial charge in [0.1, 0.15) is 5.25 Å². The Morgan fingerprint density at radius 1 is 1.30 bits per heavy atom. The first-order valence-corrected chi connectivity index (χ1v) is 10.1. The number of halogens is 1. The molecule has 1 unspecified atom stereocenters. The van der Waals surface area contributed by atoms with E-state index in [1.54, 1.807) is 11.3 Å². The molecule has 0 aliphatic rings. The Balaban J connectivity index is 1.69. The first kappa shape index (κ1) is 18.2. The van der Waals surface area contributed by atoms with Gasteiger partial charge in [-0.15, -0.1) is 21.5 Å². The van der Waals surface area contributed by atoms with E-state index in [1.807, 2.05) is 54.1 Å². The first-order valence-electron chi connectivity index (χ1n) is 8.33. The van der Waals surface area contributed by atoms with Gasteiger partial charge in [0.25, 0.3) is 5.89 Å². The van der Waals surface area contributed by atoms with Crippen molar-refractivity contribution in [2.45, 2.75) is 25.6 Å². The van der Waals surface area contributed by atoms with E-state index in [0.717, 1.165) is 16.3 Å². The van der Waals surface area contributed by atoms with Crippen LogP contribution in [0.15, 0.2) is 40.2 Å². The van der Waals surface area contributed by atoms with Crippen molar-refractivity contribution in [3.8, 4) is 22.2 Å². The molecule has 4 rings (SSSR count). The average Bonchev–Trinajstić information content (AvgIpc) is 3.42. The number of hydrogen-bond acceptors (Lipinski definition) is 7. The first-order chi connectivity index (χ1) is 13.1. The van der Waals surface area contributed by atoms with Gasteiger partial charge < -0.3 is 9.09 Å². The van der Waals surface area contributed by atoms with E-state index in [4.69, 9.17) is 16.1 Å². The van der Waals surface area contributed by atoms with Crippen molar-refractivity contribution in [2.75, 3.05) is 0 Å². The summed E-state index contributed by atoms with van der Waals surface area (Å²) in [6.45, 7) is 4.73. The highest BCUT2D eigenvalue weighted by Crippen LogP contribution is 2.33. The molecule has 0 saturated heterocycles. The summed E-state index contributed by atoms with van der Waals surface area (Å²) in [5.41, 5.74) is 1.76. The fourth-order valence-electron chi connectivity index (χ4n) is 2.79. The molecular formula is C18H16ClN5OS2. The van der Waals surface area contributed by atoms with Crippen LogP contribution in [0, 0.1) is 6.92 Å². The predicted octanol–water partition coefficient (Wildman–Crippen LogP) is 5.06. The van der Waals surface area contributed by atoms with Gasteiger partial charge in [-0.1, -0.05) is 34.5 Å². The van der Waals surface area contributed by atoms with Crippen LogP contribution in [0.3, 0.4) is 0 Å². The fourth-order valence-corrected chi connectivity index (χ4v) is 4.00. The third-order valence-electron chi connectivity index (χ3n) is 4.12. The van der Waals surface area contributed by atoms with Gasteiger partial charge in [0, 0.05) is 6.54 Å². The molecule has 9 heteroatoms. The van der Waals surface area contributed by atoms with Crippen LogP contribution in [-0.2, 0) is 6.54 Å². The zero-order valence-electron chi connectivity index (χ0n) is 14.6. The number of aryl methyl sites for hydroxylation is 1. The van der Waals surface area contributed by atoms with Crippen LogP contribution < -0.4 is 0 Å². The van der Waals surface area contributed by atoms with Crippen molar-refractivity contribution in [3.63, 3.8) is 0 Å². The molecule has 0 fully saturated rings. The molecule has 0 bridgehead atoms. The monoisotopic (exact) mass is 417 g/mol. The smallest absolute Gasteiger partial charge is 0.259 e. The number of nitrogens with zero attached hydrogens (tertiary/aromatic N) is 5. The van der Waals surface area contributed by atoms with Gasteiger partial charge in [-0.2, -0.15) is 17.6 Å². The van der Waals surface area contributed by atoms with E-state index >= 15 is 0 Å². The Morgan fingerprint density at radius 2 is 2.15 bits per heavy atom. The van der Waals surface area contributed by atoms with Gasteiger partial charge in [0.2, 0.25) is 0 Å². The van der Waals surface area contributed by atoms with E-state index < -0.39 is 5.25 Å². The highest BCUT2D eigenvalue weighted by molar-refractivity contribution is 7.80. The lowest BCUT2D eigenvalue weighted by molar-refractivity contribution is 0.422. The average molecular weight is 418 g/mol. The lowest BCUT2D eigenvalue weighted by Crippen LogP contribution is -2.07. The van der Waals surface area contributed by atoms with Crippen molar-refractivity contribution in [1.29, 1.82) is 0 Å². The van der Waals surface area contributed by atoms with Crippen molar-refractivity contribution < 1.29 is 4.52 Å². The zero-order chi connectivity index (χ0) is 19.0. The number of benzene rings is 1. The van der Waals surface area contributed by atoms with Crippen molar-refractivity contribution >= 4 is 35.6 Å². The summed E-state index contributed by atoms with van der Waals surface area (Å²) >= 11 is 12.6. The van der Waals surface area contributed by atoms with Crippen LogP contribution in [0.25, 0.3) is 22.2 Å².